The fraction of sp³-hybridized carbons (Fsp3) is 0.571. The van der Waals surface area contributed by atoms with Gasteiger partial charge in [-0.3, -0.25) is 0 Å². The third-order valence-electron chi connectivity index (χ3n) is 3.11. The van der Waals surface area contributed by atoms with Crippen molar-refractivity contribution in [2.75, 3.05) is 20.2 Å². The van der Waals surface area contributed by atoms with Crippen LogP contribution in [0.2, 0.25) is 0 Å². The van der Waals surface area contributed by atoms with E-state index < -0.39 is 22.7 Å². The molecule has 0 aromatic heterocycles. The van der Waals surface area contributed by atoms with Crippen LogP contribution < -0.4 is 0 Å². The molecule has 0 aliphatic rings. The van der Waals surface area contributed by atoms with E-state index in [4.69, 9.17) is 5.11 Å². The third-order valence-corrected chi connectivity index (χ3v) is 4.94. The number of nitrogens with zero attached hydrogens (tertiary/aromatic N) is 1. The van der Waals surface area contributed by atoms with E-state index in [1.165, 1.54) is 7.05 Å². The zero-order valence-corrected chi connectivity index (χ0v) is 13.2. The Labute approximate surface area is 120 Å². The van der Waals surface area contributed by atoms with E-state index in [1.54, 1.807) is 24.3 Å². The van der Waals surface area contributed by atoms with Crippen LogP contribution in [0, 0.1) is 0 Å². The van der Waals surface area contributed by atoms with Gasteiger partial charge in [0.15, 0.2) is 0 Å². The van der Waals surface area contributed by atoms with E-state index in [9.17, 15) is 13.5 Å². The van der Waals surface area contributed by atoms with Crippen molar-refractivity contribution in [2.24, 2.45) is 0 Å². The SMILES string of the molecule is CN(CC(O)CO)S(=O)(=O)c1ccc(C(C)(C)C)cc1. The summed E-state index contributed by atoms with van der Waals surface area (Å²) in [6.45, 7) is 5.56. The van der Waals surface area contributed by atoms with Crippen LogP contribution in [-0.4, -0.2) is 49.2 Å². The lowest BCUT2D eigenvalue weighted by Crippen LogP contribution is -2.35. The van der Waals surface area contributed by atoms with Gasteiger partial charge in [-0.15, -0.1) is 0 Å². The second kappa shape index (κ2) is 6.22. The normalized spacial score (nSPS) is 14.6. The molecule has 5 nitrogen and oxygen atoms in total. The molecule has 114 valence electrons. The molecule has 0 spiro atoms. The van der Waals surface area contributed by atoms with E-state index in [0.29, 0.717) is 0 Å². The van der Waals surface area contributed by atoms with Crippen molar-refractivity contribution in [1.82, 2.24) is 4.31 Å². The van der Waals surface area contributed by atoms with Gasteiger partial charge in [0.1, 0.15) is 0 Å². The second-order valence-corrected chi connectivity index (χ2v) is 7.94. The van der Waals surface area contributed by atoms with Gasteiger partial charge >= 0.3 is 0 Å². The first-order chi connectivity index (χ1) is 9.09. The highest BCUT2D eigenvalue weighted by Crippen LogP contribution is 2.24. The minimum Gasteiger partial charge on any atom is -0.394 e. The van der Waals surface area contributed by atoms with Crippen LogP contribution in [0.3, 0.4) is 0 Å². The zero-order chi connectivity index (χ0) is 15.6. The summed E-state index contributed by atoms with van der Waals surface area (Å²) in [5.41, 5.74) is 1.01. The van der Waals surface area contributed by atoms with Crippen LogP contribution in [-0.2, 0) is 15.4 Å². The van der Waals surface area contributed by atoms with E-state index in [-0.39, 0.29) is 16.9 Å². The molecule has 0 bridgehead atoms. The fourth-order valence-electron chi connectivity index (χ4n) is 1.76. The number of benzene rings is 1. The van der Waals surface area contributed by atoms with E-state index >= 15 is 0 Å². The molecule has 0 radical (unpaired) electrons. The molecule has 20 heavy (non-hydrogen) atoms. The number of hydrogen-bond donors (Lipinski definition) is 2. The summed E-state index contributed by atoms with van der Waals surface area (Å²) in [5.74, 6) is 0. The monoisotopic (exact) mass is 301 g/mol. The molecule has 0 saturated carbocycles. The molecule has 6 heteroatoms. The number of hydrogen-bond acceptors (Lipinski definition) is 4. The molecular formula is C14H23NO4S. The average Bonchev–Trinajstić information content (AvgIpc) is 2.37. The van der Waals surface area contributed by atoms with Crippen LogP contribution in [0.25, 0.3) is 0 Å². The number of aliphatic hydroxyl groups is 2. The van der Waals surface area contributed by atoms with Gasteiger partial charge in [-0.1, -0.05) is 32.9 Å². The summed E-state index contributed by atoms with van der Waals surface area (Å²) < 4.78 is 25.6. The predicted octanol–water partition coefficient (Wildman–Crippen LogP) is 0.958. The largest absolute Gasteiger partial charge is 0.394 e. The standard InChI is InChI=1S/C14H23NO4S/c1-14(2,3)11-5-7-13(8-6-11)20(18,19)15(4)9-12(17)10-16/h5-8,12,16-17H,9-10H2,1-4H3. The van der Waals surface area contributed by atoms with Crippen molar-refractivity contribution in [2.45, 2.75) is 37.2 Å². The Bertz CT molecular complexity index is 531. The first-order valence-electron chi connectivity index (χ1n) is 6.45. The molecular weight excluding hydrogens is 278 g/mol. The summed E-state index contributed by atoms with van der Waals surface area (Å²) in [5, 5.41) is 18.1. The Kier molecular flexibility index (Phi) is 5.32. The Morgan fingerprint density at radius 3 is 2.10 bits per heavy atom. The lowest BCUT2D eigenvalue weighted by Gasteiger charge is -2.21. The van der Waals surface area contributed by atoms with Gasteiger partial charge in [0.2, 0.25) is 10.0 Å². The molecule has 0 amide bonds. The van der Waals surface area contributed by atoms with E-state index in [1.807, 2.05) is 0 Å². The number of sulfonamides is 1. The summed E-state index contributed by atoms with van der Waals surface area (Å²) in [6, 6.07) is 6.72. The van der Waals surface area contributed by atoms with E-state index in [0.717, 1.165) is 9.87 Å². The highest BCUT2D eigenvalue weighted by molar-refractivity contribution is 7.89. The first kappa shape index (κ1) is 17.1. The van der Waals surface area contributed by atoms with Crippen molar-refractivity contribution in [3.63, 3.8) is 0 Å². The van der Waals surface area contributed by atoms with Crippen molar-refractivity contribution in [3.8, 4) is 0 Å². The predicted molar refractivity (Wildman–Crippen MR) is 78.1 cm³/mol. The number of likely N-dealkylation sites (N-methyl/N-ethyl adjacent to an activating group) is 1. The molecule has 1 unspecified atom stereocenters. The Balaban J connectivity index is 2.99. The van der Waals surface area contributed by atoms with Gasteiger partial charge in [-0.2, -0.15) is 4.31 Å². The molecule has 2 N–H and O–H groups in total. The fourth-order valence-corrected chi connectivity index (χ4v) is 2.97. The number of rotatable bonds is 5. The molecule has 0 fully saturated rings. The zero-order valence-electron chi connectivity index (χ0n) is 12.4. The maximum atomic E-state index is 12.3. The minimum absolute atomic E-state index is 0.0404. The van der Waals surface area contributed by atoms with Crippen LogP contribution in [0.5, 0.6) is 0 Å². The number of aliphatic hydroxyl groups excluding tert-OH is 2. The van der Waals surface area contributed by atoms with Crippen molar-refractivity contribution in [3.05, 3.63) is 29.8 Å². The first-order valence-corrected chi connectivity index (χ1v) is 7.89. The smallest absolute Gasteiger partial charge is 0.242 e. The van der Waals surface area contributed by atoms with Crippen molar-refractivity contribution < 1.29 is 18.6 Å². The molecule has 1 aromatic rings. The van der Waals surface area contributed by atoms with E-state index in [2.05, 4.69) is 20.8 Å². The highest BCUT2D eigenvalue weighted by Gasteiger charge is 2.23. The Morgan fingerprint density at radius 1 is 1.20 bits per heavy atom. The highest BCUT2D eigenvalue weighted by atomic mass is 32.2. The van der Waals surface area contributed by atoms with Gasteiger partial charge in [-0.05, 0) is 23.1 Å². The molecule has 0 aliphatic heterocycles. The molecule has 1 aromatic carbocycles. The molecule has 0 saturated heterocycles. The van der Waals surface area contributed by atoms with Gasteiger partial charge in [0, 0.05) is 13.6 Å². The van der Waals surface area contributed by atoms with Gasteiger partial charge in [0.05, 0.1) is 17.6 Å². The maximum Gasteiger partial charge on any atom is 0.242 e. The Hall–Kier alpha value is -0.950. The summed E-state index contributed by atoms with van der Waals surface area (Å²) in [4.78, 5) is 0.179. The summed E-state index contributed by atoms with van der Waals surface area (Å²) >= 11 is 0. The lowest BCUT2D eigenvalue weighted by molar-refractivity contribution is 0.0826. The van der Waals surface area contributed by atoms with Crippen LogP contribution in [0.1, 0.15) is 26.3 Å². The van der Waals surface area contributed by atoms with Crippen LogP contribution in [0.4, 0.5) is 0 Å². The molecule has 0 heterocycles. The van der Waals surface area contributed by atoms with Gasteiger partial charge < -0.3 is 10.2 Å². The van der Waals surface area contributed by atoms with Gasteiger partial charge in [-0.25, -0.2) is 8.42 Å². The molecule has 1 rings (SSSR count). The average molecular weight is 301 g/mol. The summed E-state index contributed by atoms with van der Waals surface area (Å²) in [6.07, 6.45) is -1.08. The van der Waals surface area contributed by atoms with Crippen molar-refractivity contribution >= 4 is 10.0 Å². The molecule has 1 atom stereocenters. The van der Waals surface area contributed by atoms with Crippen LogP contribution in [0.15, 0.2) is 29.2 Å². The summed E-state index contributed by atoms with van der Waals surface area (Å²) in [7, 11) is -2.26. The third kappa shape index (κ3) is 4.02. The second-order valence-electron chi connectivity index (χ2n) is 5.90. The quantitative estimate of drug-likeness (QED) is 0.849. The minimum atomic E-state index is -3.64. The Morgan fingerprint density at radius 2 is 1.70 bits per heavy atom. The topological polar surface area (TPSA) is 77.8 Å². The van der Waals surface area contributed by atoms with Crippen molar-refractivity contribution in [1.29, 1.82) is 0 Å². The van der Waals surface area contributed by atoms with Crippen LogP contribution >= 0.6 is 0 Å². The lowest BCUT2D eigenvalue weighted by atomic mass is 9.87. The maximum absolute atomic E-state index is 12.3. The van der Waals surface area contributed by atoms with Gasteiger partial charge in [0.25, 0.3) is 0 Å². The molecule has 0 aliphatic carbocycles.